The first-order chi connectivity index (χ1) is 9.08. The second-order valence-electron chi connectivity index (χ2n) is 4.26. The van der Waals surface area contributed by atoms with E-state index in [1.807, 2.05) is 26.0 Å². The predicted octanol–water partition coefficient (Wildman–Crippen LogP) is 1.64. The lowest BCUT2D eigenvalue weighted by Crippen LogP contribution is -2.33. The number of hydrogen-bond acceptors (Lipinski definition) is 5. The van der Waals surface area contributed by atoms with E-state index in [1.54, 1.807) is 4.90 Å². The van der Waals surface area contributed by atoms with Crippen LogP contribution in [0, 0.1) is 6.92 Å². The van der Waals surface area contributed by atoms with Crippen LogP contribution >= 0.6 is 11.3 Å². The first-order valence-electron chi connectivity index (χ1n) is 6.14. The van der Waals surface area contributed by atoms with E-state index in [0.29, 0.717) is 23.7 Å². The number of aliphatic hydroxyl groups excluding tert-OH is 1. The van der Waals surface area contributed by atoms with Crippen molar-refractivity contribution in [1.82, 2.24) is 9.88 Å². The number of nitrogens with two attached hydrogens (primary N) is 1. The Morgan fingerprint density at radius 3 is 2.89 bits per heavy atom. The number of anilines is 1. The molecule has 0 aliphatic carbocycles. The van der Waals surface area contributed by atoms with Gasteiger partial charge >= 0.3 is 0 Å². The molecule has 0 unspecified atom stereocenters. The van der Waals surface area contributed by atoms with Crippen molar-refractivity contribution in [2.45, 2.75) is 13.8 Å². The highest BCUT2D eigenvalue weighted by Crippen LogP contribution is 2.33. The summed E-state index contributed by atoms with van der Waals surface area (Å²) < 4.78 is 0. The Balaban J connectivity index is 2.44. The number of aromatic nitrogens is 1. The number of rotatable bonds is 4. The Bertz CT molecular complexity index is 609. The molecule has 0 atom stereocenters. The third-order valence-corrected chi connectivity index (χ3v) is 4.07. The summed E-state index contributed by atoms with van der Waals surface area (Å²) in [6, 6.07) is 3.77. The van der Waals surface area contributed by atoms with Gasteiger partial charge in [-0.1, -0.05) is 0 Å². The maximum absolute atomic E-state index is 12.4. The molecule has 102 valence electrons. The number of aryl methyl sites for hydroxylation is 1. The van der Waals surface area contributed by atoms with Gasteiger partial charge in [-0.05, 0) is 26.0 Å². The van der Waals surface area contributed by atoms with Crippen molar-refractivity contribution in [2.24, 2.45) is 0 Å². The number of carbonyl (C=O) groups is 1. The third kappa shape index (κ3) is 2.54. The Morgan fingerprint density at radius 1 is 1.53 bits per heavy atom. The zero-order valence-electron chi connectivity index (χ0n) is 11.0. The van der Waals surface area contributed by atoms with E-state index >= 15 is 0 Å². The minimum absolute atomic E-state index is 0.0538. The maximum atomic E-state index is 12.4. The standard InChI is InChI=1S/C13H17N3O2S/c1-3-16(6-7-17)13(18)11-10(14)9-5-4-8(2)15-12(9)19-11/h4-5,17H,3,6-7,14H2,1-2H3. The third-order valence-electron chi connectivity index (χ3n) is 2.97. The fourth-order valence-electron chi connectivity index (χ4n) is 1.92. The van der Waals surface area contributed by atoms with Crippen molar-refractivity contribution in [3.05, 3.63) is 22.7 Å². The van der Waals surface area contributed by atoms with Gasteiger partial charge in [0.05, 0.1) is 12.3 Å². The molecule has 1 amide bonds. The Labute approximate surface area is 115 Å². The van der Waals surface area contributed by atoms with Gasteiger partial charge in [0.25, 0.3) is 5.91 Å². The number of amides is 1. The summed E-state index contributed by atoms with van der Waals surface area (Å²) >= 11 is 1.31. The highest BCUT2D eigenvalue weighted by atomic mass is 32.1. The van der Waals surface area contributed by atoms with Crippen LogP contribution in [0.2, 0.25) is 0 Å². The van der Waals surface area contributed by atoms with Crippen molar-refractivity contribution < 1.29 is 9.90 Å². The number of nitrogen functional groups attached to an aromatic ring is 1. The van der Waals surface area contributed by atoms with Crippen LogP contribution in [-0.4, -0.2) is 40.6 Å². The molecular formula is C13H17N3O2S. The van der Waals surface area contributed by atoms with Gasteiger partial charge in [0, 0.05) is 24.2 Å². The van der Waals surface area contributed by atoms with Crippen LogP contribution in [-0.2, 0) is 0 Å². The molecule has 0 aromatic carbocycles. The summed E-state index contributed by atoms with van der Waals surface area (Å²) in [5.74, 6) is -0.144. The minimum Gasteiger partial charge on any atom is -0.397 e. The van der Waals surface area contributed by atoms with E-state index in [4.69, 9.17) is 10.8 Å². The summed E-state index contributed by atoms with van der Waals surface area (Å²) in [5.41, 5.74) is 7.42. The van der Waals surface area contributed by atoms with Gasteiger partial charge in [-0.2, -0.15) is 0 Å². The number of aliphatic hydroxyl groups is 1. The van der Waals surface area contributed by atoms with Crippen LogP contribution in [0.3, 0.4) is 0 Å². The molecule has 6 heteroatoms. The maximum Gasteiger partial charge on any atom is 0.266 e. The number of pyridine rings is 1. The smallest absolute Gasteiger partial charge is 0.266 e. The molecule has 0 aliphatic rings. The first-order valence-corrected chi connectivity index (χ1v) is 6.95. The zero-order valence-corrected chi connectivity index (χ0v) is 11.8. The summed E-state index contributed by atoms with van der Waals surface area (Å²) in [5, 5.41) is 9.79. The van der Waals surface area contributed by atoms with Crippen LogP contribution in [0.5, 0.6) is 0 Å². The SMILES string of the molecule is CCN(CCO)C(=O)c1sc2nc(C)ccc2c1N. The Hall–Kier alpha value is -1.66. The van der Waals surface area contributed by atoms with Gasteiger partial charge in [-0.3, -0.25) is 4.79 Å². The molecule has 0 fully saturated rings. The van der Waals surface area contributed by atoms with E-state index in [9.17, 15) is 4.79 Å². The number of thiophene rings is 1. The number of likely N-dealkylation sites (N-methyl/N-ethyl adjacent to an activating group) is 1. The average molecular weight is 279 g/mol. The molecule has 19 heavy (non-hydrogen) atoms. The highest BCUT2D eigenvalue weighted by Gasteiger charge is 2.21. The molecule has 3 N–H and O–H groups in total. The fraction of sp³-hybridized carbons (Fsp3) is 0.385. The van der Waals surface area contributed by atoms with E-state index in [2.05, 4.69) is 4.98 Å². The van der Waals surface area contributed by atoms with Gasteiger partial charge in [-0.15, -0.1) is 11.3 Å². The molecule has 0 saturated carbocycles. The largest absolute Gasteiger partial charge is 0.397 e. The monoisotopic (exact) mass is 279 g/mol. The van der Waals surface area contributed by atoms with E-state index < -0.39 is 0 Å². The minimum atomic E-state index is -0.144. The van der Waals surface area contributed by atoms with Crippen LogP contribution in [0.4, 0.5) is 5.69 Å². The van der Waals surface area contributed by atoms with Gasteiger partial charge in [0.15, 0.2) is 0 Å². The fourth-order valence-corrected chi connectivity index (χ4v) is 3.02. The van der Waals surface area contributed by atoms with Crippen molar-refractivity contribution >= 4 is 33.1 Å². The lowest BCUT2D eigenvalue weighted by atomic mass is 10.2. The van der Waals surface area contributed by atoms with E-state index in [-0.39, 0.29) is 12.5 Å². The average Bonchev–Trinajstić information content (AvgIpc) is 2.72. The zero-order chi connectivity index (χ0) is 14.0. The predicted molar refractivity (Wildman–Crippen MR) is 77.4 cm³/mol. The number of hydrogen-bond donors (Lipinski definition) is 2. The topological polar surface area (TPSA) is 79.5 Å². The van der Waals surface area contributed by atoms with Crippen LogP contribution in [0.25, 0.3) is 10.2 Å². The molecule has 2 aromatic heterocycles. The number of fused-ring (bicyclic) bond motifs is 1. The molecule has 0 radical (unpaired) electrons. The van der Waals surface area contributed by atoms with Gasteiger partial charge in [0.2, 0.25) is 0 Å². The van der Waals surface area contributed by atoms with Crippen molar-refractivity contribution in [3.63, 3.8) is 0 Å². The summed E-state index contributed by atoms with van der Waals surface area (Å²) in [6.45, 7) is 4.58. The van der Waals surface area contributed by atoms with Crippen LogP contribution in [0.1, 0.15) is 22.3 Å². The summed E-state index contributed by atoms with van der Waals surface area (Å²) in [4.78, 5) is 19.6. The molecule has 2 heterocycles. The molecule has 0 aliphatic heterocycles. The van der Waals surface area contributed by atoms with E-state index in [0.717, 1.165) is 15.9 Å². The quantitative estimate of drug-likeness (QED) is 0.891. The van der Waals surface area contributed by atoms with Crippen molar-refractivity contribution in [2.75, 3.05) is 25.4 Å². The molecule has 0 saturated heterocycles. The Kier molecular flexibility index (Phi) is 4.01. The molecule has 0 bridgehead atoms. The van der Waals surface area contributed by atoms with Crippen LogP contribution < -0.4 is 5.73 Å². The van der Waals surface area contributed by atoms with Crippen molar-refractivity contribution in [3.8, 4) is 0 Å². The first kappa shape index (κ1) is 13.8. The summed E-state index contributed by atoms with van der Waals surface area (Å²) in [6.07, 6.45) is 0. The molecule has 5 nitrogen and oxygen atoms in total. The van der Waals surface area contributed by atoms with E-state index in [1.165, 1.54) is 11.3 Å². The molecule has 2 aromatic rings. The molecular weight excluding hydrogens is 262 g/mol. The van der Waals surface area contributed by atoms with Crippen molar-refractivity contribution in [1.29, 1.82) is 0 Å². The normalized spacial score (nSPS) is 10.9. The lowest BCUT2D eigenvalue weighted by molar-refractivity contribution is 0.0738. The molecule has 2 rings (SSSR count). The highest BCUT2D eigenvalue weighted by molar-refractivity contribution is 7.21. The number of nitrogens with zero attached hydrogens (tertiary/aromatic N) is 2. The van der Waals surface area contributed by atoms with Crippen LogP contribution in [0.15, 0.2) is 12.1 Å². The molecule has 0 spiro atoms. The second kappa shape index (κ2) is 5.54. The van der Waals surface area contributed by atoms with Gasteiger partial charge in [-0.25, -0.2) is 4.98 Å². The lowest BCUT2D eigenvalue weighted by Gasteiger charge is -2.18. The Morgan fingerprint density at radius 2 is 2.26 bits per heavy atom. The van der Waals surface area contributed by atoms with Gasteiger partial charge < -0.3 is 15.7 Å². The van der Waals surface area contributed by atoms with Gasteiger partial charge in [0.1, 0.15) is 9.71 Å². The summed E-state index contributed by atoms with van der Waals surface area (Å²) in [7, 11) is 0. The number of carbonyl (C=O) groups excluding carboxylic acids is 1. The second-order valence-corrected chi connectivity index (χ2v) is 5.26.